The van der Waals surface area contributed by atoms with E-state index < -0.39 is 6.03 Å². The number of hydrogen-bond donors (Lipinski definition) is 2. The monoisotopic (exact) mass is 530 g/mol. The maximum Gasteiger partial charge on any atom is 0.348 e. The molecule has 1 aliphatic heterocycles. The van der Waals surface area contributed by atoms with E-state index in [1.807, 2.05) is 67.8 Å². The Labute approximate surface area is 229 Å². The normalized spacial score (nSPS) is 15.1. The topological polar surface area (TPSA) is 106 Å². The van der Waals surface area contributed by atoms with E-state index in [-0.39, 0.29) is 5.41 Å². The van der Waals surface area contributed by atoms with Gasteiger partial charge in [-0.3, -0.25) is 4.57 Å². The molecule has 3 heterocycles. The number of aromatic nitrogens is 4. The second kappa shape index (κ2) is 11.1. The average Bonchev–Trinajstić information content (AvgIpc) is 3.51. The van der Waals surface area contributed by atoms with Gasteiger partial charge in [-0.05, 0) is 49.9 Å². The summed E-state index contributed by atoms with van der Waals surface area (Å²) < 4.78 is 9.23. The number of nitrogen functional groups attached to an aromatic ring is 1. The predicted octanol–water partition coefficient (Wildman–Crippen LogP) is 4.20. The van der Waals surface area contributed by atoms with Gasteiger partial charge in [-0.15, -0.1) is 0 Å². The quantitative estimate of drug-likeness (QED) is 0.345. The summed E-state index contributed by atoms with van der Waals surface area (Å²) >= 11 is 0. The second-order valence-corrected chi connectivity index (χ2v) is 11.2. The number of piperazine rings is 1. The smallest absolute Gasteiger partial charge is 0.348 e. The van der Waals surface area contributed by atoms with Crippen molar-refractivity contribution in [1.82, 2.24) is 29.1 Å². The van der Waals surface area contributed by atoms with E-state index in [4.69, 9.17) is 10.5 Å². The lowest BCUT2D eigenvalue weighted by atomic mass is 9.92. The minimum Gasteiger partial charge on any atom is -0.493 e. The number of ether oxygens (including phenoxy) is 1. The maximum absolute atomic E-state index is 12.8. The molecule has 2 aromatic carbocycles. The van der Waals surface area contributed by atoms with Crippen molar-refractivity contribution in [2.45, 2.75) is 32.6 Å². The van der Waals surface area contributed by atoms with E-state index in [0.29, 0.717) is 18.1 Å². The molecule has 0 aliphatic carbocycles. The van der Waals surface area contributed by atoms with Crippen molar-refractivity contribution in [2.24, 2.45) is 0 Å². The van der Waals surface area contributed by atoms with Crippen LogP contribution in [0.3, 0.4) is 0 Å². The summed E-state index contributed by atoms with van der Waals surface area (Å²) in [7, 11) is 2.18. The summed E-state index contributed by atoms with van der Waals surface area (Å²) in [5.41, 5.74) is 10.0. The first-order valence-corrected chi connectivity index (χ1v) is 13.5. The molecule has 0 atom stereocenters. The number of imidazole rings is 1. The SMILES string of the molecule is CN1CCN(CCCOc2ccc3c(c2)ncn3-c2ccc(NC(=O)n3nc(C(C)(C)C)cc3N)cc2)CC1. The number of carbonyl (C=O) groups is 1. The van der Waals surface area contributed by atoms with Gasteiger partial charge in [-0.2, -0.15) is 9.78 Å². The van der Waals surface area contributed by atoms with Crippen molar-refractivity contribution in [3.05, 3.63) is 60.6 Å². The minimum atomic E-state index is -0.403. The minimum absolute atomic E-state index is 0.202. The summed E-state index contributed by atoms with van der Waals surface area (Å²) in [5, 5.41) is 7.24. The molecule has 2 aromatic heterocycles. The van der Waals surface area contributed by atoms with Gasteiger partial charge in [0.25, 0.3) is 0 Å². The van der Waals surface area contributed by atoms with Gasteiger partial charge < -0.3 is 25.6 Å². The van der Waals surface area contributed by atoms with Crippen LogP contribution in [0.2, 0.25) is 0 Å². The highest BCUT2D eigenvalue weighted by Crippen LogP contribution is 2.25. The average molecular weight is 531 g/mol. The van der Waals surface area contributed by atoms with Gasteiger partial charge in [0, 0.05) is 61.6 Å². The molecule has 0 radical (unpaired) electrons. The largest absolute Gasteiger partial charge is 0.493 e. The van der Waals surface area contributed by atoms with Crippen LogP contribution in [0, 0.1) is 0 Å². The van der Waals surface area contributed by atoms with Crippen LogP contribution in [0.15, 0.2) is 54.9 Å². The molecule has 0 saturated carbocycles. The Hall–Kier alpha value is -3.89. The molecule has 0 unspecified atom stereocenters. The first-order valence-electron chi connectivity index (χ1n) is 13.5. The van der Waals surface area contributed by atoms with Crippen LogP contribution >= 0.6 is 0 Å². The van der Waals surface area contributed by atoms with Crippen LogP contribution in [0.25, 0.3) is 16.7 Å². The van der Waals surface area contributed by atoms with Gasteiger partial charge >= 0.3 is 6.03 Å². The second-order valence-electron chi connectivity index (χ2n) is 11.2. The summed E-state index contributed by atoms with van der Waals surface area (Å²) in [6, 6.07) is 14.9. The summed E-state index contributed by atoms with van der Waals surface area (Å²) in [6.45, 7) is 12.4. The van der Waals surface area contributed by atoms with E-state index in [0.717, 1.165) is 67.3 Å². The molecule has 5 rings (SSSR count). The third kappa shape index (κ3) is 6.23. The molecule has 0 bridgehead atoms. The van der Waals surface area contributed by atoms with Crippen LogP contribution < -0.4 is 15.8 Å². The zero-order chi connectivity index (χ0) is 27.6. The number of likely N-dealkylation sites (N-methyl/N-ethyl adjacent to an activating group) is 1. The van der Waals surface area contributed by atoms with E-state index >= 15 is 0 Å². The molecule has 1 fully saturated rings. The van der Waals surface area contributed by atoms with Crippen LogP contribution in [-0.2, 0) is 5.41 Å². The van der Waals surface area contributed by atoms with E-state index in [1.54, 1.807) is 12.4 Å². The fraction of sp³-hybridized carbons (Fsp3) is 0.414. The third-order valence-corrected chi connectivity index (χ3v) is 7.10. The predicted molar refractivity (Wildman–Crippen MR) is 155 cm³/mol. The number of nitrogens with two attached hydrogens (primary N) is 1. The number of benzene rings is 2. The van der Waals surface area contributed by atoms with Crippen LogP contribution in [0.4, 0.5) is 16.3 Å². The van der Waals surface area contributed by atoms with E-state index in [9.17, 15) is 4.79 Å². The zero-order valence-corrected chi connectivity index (χ0v) is 23.2. The van der Waals surface area contributed by atoms with Gasteiger partial charge in [0.2, 0.25) is 0 Å². The van der Waals surface area contributed by atoms with Crippen molar-refractivity contribution < 1.29 is 9.53 Å². The molecule has 0 spiro atoms. The number of carbonyl (C=O) groups excluding carboxylic acids is 1. The third-order valence-electron chi connectivity index (χ3n) is 7.10. The van der Waals surface area contributed by atoms with Crippen molar-refractivity contribution in [3.8, 4) is 11.4 Å². The first-order chi connectivity index (χ1) is 18.7. The Kier molecular flexibility index (Phi) is 7.58. The first kappa shape index (κ1) is 26.7. The van der Waals surface area contributed by atoms with Gasteiger partial charge in [-0.1, -0.05) is 20.8 Å². The maximum atomic E-state index is 12.8. The van der Waals surface area contributed by atoms with Gasteiger partial charge in [-0.25, -0.2) is 9.78 Å². The summed E-state index contributed by atoms with van der Waals surface area (Å²) in [6.07, 6.45) is 2.80. The zero-order valence-electron chi connectivity index (χ0n) is 23.2. The van der Waals surface area contributed by atoms with Crippen LogP contribution in [-0.4, -0.2) is 81.5 Å². The summed E-state index contributed by atoms with van der Waals surface area (Å²) in [4.78, 5) is 22.2. The lowest BCUT2D eigenvalue weighted by Crippen LogP contribution is -2.44. The van der Waals surface area contributed by atoms with Crippen molar-refractivity contribution >= 4 is 28.6 Å². The lowest BCUT2D eigenvalue weighted by molar-refractivity contribution is 0.145. The molecule has 10 nitrogen and oxygen atoms in total. The molecular formula is C29H38N8O2. The number of amides is 1. The number of fused-ring (bicyclic) bond motifs is 1. The van der Waals surface area contributed by atoms with Crippen molar-refractivity contribution in [3.63, 3.8) is 0 Å². The molecule has 10 heteroatoms. The summed E-state index contributed by atoms with van der Waals surface area (Å²) in [5.74, 6) is 1.13. The number of rotatable bonds is 7. The van der Waals surface area contributed by atoms with Crippen molar-refractivity contribution in [1.29, 1.82) is 0 Å². The molecular weight excluding hydrogens is 492 g/mol. The number of nitrogens with one attached hydrogen (secondary N) is 1. The molecule has 1 aliphatic rings. The molecule has 3 N–H and O–H groups in total. The van der Waals surface area contributed by atoms with Gasteiger partial charge in [0.15, 0.2) is 0 Å². The Balaban J connectivity index is 1.18. The van der Waals surface area contributed by atoms with Crippen LogP contribution in [0.1, 0.15) is 32.9 Å². The molecule has 1 saturated heterocycles. The van der Waals surface area contributed by atoms with E-state index in [2.05, 4.69) is 32.2 Å². The van der Waals surface area contributed by atoms with Crippen LogP contribution in [0.5, 0.6) is 5.75 Å². The number of anilines is 2. The fourth-order valence-electron chi connectivity index (χ4n) is 4.64. The fourth-order valence-corrected chi connectivity index (χ4v) is 4.64. The van der Waals surface area contributed by atoms with E-state index in [1.165, 1.54) is 4.68 Å². The number of nitrogens with zero attached hydrogens (tertiary/aromatic N) is 6. The molecule has 39 heavy (non-hydrogen) atoms. The Bertz CT molecular complexity index is 1430. The van der Waals surface area contributed by atoms with Crippen molar-refractivity contribution in [2.75, 3.05) is 57.4 Å². The Morgan fingerprint density at radius 3 is 2.49 bits per heavy atom. The lowest BCUT2D eigenvalue weighted by Gasteiger charge is -2.32. The highest BCUT2D eigenvalue weighted by atomic mass is 16.5. The molecule has 1 amide bonds. The van der Waals surface area contributed by atoms with Gasteiger partial charge in [0.1, 0.15) is 17.9 Å². The number of hydrogen-bond acceptors (Lipinski definition) is 7. The highest BCUT2D eigenvalue weighted by molar-refractivity contribution is 5.92. The Morgan fingerprint density at radius 1 is 1.05 bits per heavy atom. The van der Waals surface area contributed by atoms with Gasteiger partial charge in [0.05, 0.1) is 23.3 Å². The molecule has 4 aromatic rings. The Morgan fingerprint density at radius 2 is 1.79 bits per heavy atom. The highest BCUT2D eigenvalue weighted by Gasteiger charge is 2.21. The molecule has 206 valence electrons. The standard InChI is InChI=1S/C29H38N8O2/c1-29(2,3)26-19-27(30)37(33-26)28(38)32-21-6-8-22(9-7-21)36-20-31-24-18-23(10-11-25(24)36)39-17-5-12-35-15-13-34(4)14-16-35/h6-11,18-20H,5,12-17,30H2,1-4H3,(H,32,38).